The van der Waals surface area contributed by atoms with E-state index in [4.69, 9.17) is 4.74 Å². The lowest BCUT2D eigenvalue weighted by molar-refractivity contribution is -0.120. The van der Waals surface area contributed by atoms with Crippen LogP contribution in [-0.4, -0.2) is 18.9 Å². The summed E-state index contributed by atoms with van der Waals surface area (Å²) in [6.45, 7) is 2.09. The maximum absolute atomic E-state index is 13.4. The van der Waals surface area contributed by atoms with Crippen molar-refractivity contribution >= 4 is 28.8 Å². The smallest absolute Gasteiger partial charge is 0.282 e. The van der Waals surface area contributed by atoms with Crippen LogP contribution in [0.1, 0.15) is 18.1 Å². The molecule has 5 heteroatoms. The van der Waals surface area contributed by atoms with E-state index >= 15 is 0 Å². The highest BCUT2D eigenvalue weighted by Gasteiger charge is 2.40. The number of methoxy groups -OCH3 is 1. The molecule has 5 nitrogen and oxygen atoms in total. The number of rotatable bonds is 6. The van der Waals surface area contributed by atoms with Crippen LogP contribution in [0.3, 0.4) is 0 Å². The third kappa shape index (κ3) is 3.57. The van der Waals surface area contributed by atoms with Crippen molar-refractivity contribution in [3.05, 3.63) is 95.7 Å². The standard InChI is InChI=1S/C25H22N2O3/c1-3-17-12-14-19(15-13-17)26-23-22(18-8-5-4-6-9-18)24(28)27(25(23)29)20-10-7-11-21(16-20)30-2/h4-16,26H,3H2,1-2H3. The highest BCUT2D eigenvalue weighted by Crippen LogP contribution is 2.34. The molecule has 3 aromatic carbocycles. The molecule has 0 atom stereocenters. The number of carbonyl (C=O) groups is 2. The van der Waals surface area contributed by atoms with Gasteiger partial charge in [-0.2, -0.15) is 0 Å². The normalized spacial score (nSPS) is 13.7. The van der Waals surface area contributed by atoms with Crippen molar-refractivity contribution < 1.29 is 14.3 Å². The zero-order chi connectivity index (χ0) is 21.1. The van der Waals surface area contributed by atoms with Crippen molar-refractivity contribution in [2.24, 2.45) is 0 Å². The zero-order valence-electron chi connectivity index (χ0n) is 16.9. The highest BCUT2D eigenvalue weighted by atomic mass is 16.5. The fourth-order valence-electron chi connectivity index (χ4n) is 3.47. The van der Waals surface area contributed by atoms with Gasteiger partial charge in [0.2, 0.25) is 0 Å². The maximum atomic E-state index is 13.4. The lowest BCUT2D eigenvalue weighted by Gasteiger charge is -2.16. The molecule has 4 rings (SSSR count). The van der Waals surface area contributed by atoms with Gasteiger partial charge < -0.3 is 10.1 Å². The first kappa shape index (κ1) is 19.5. The first-order valence-electron chi connectivity index (χ1n) is 9.81. The summed E-state index contributed by atoms with van der Waals surface area (Å²) in [5.41, 5.74) is 3.72. The van der Waals surface area contributed by atoms with E-state index in [9.17, 15) is 9.59 Å². The van der Waals surface area contributed by atoms with Crippen LogP contribution in [0.4, 0.5) is 11.4 Å². The van der Waals surface area contributed by atoms with E-state index in [1.54, 1.807) is 31.4 Å². The molecule has 30 heavy (non-hydrogen) atoms. The molecule has 1 aliphatic rings. The fourth-order valence-corrected chi connectivity index (χ4v) is 3.47. The van der Waals surface area contributed by atoms with E-state index in [0.29, 0.717) is 22.6 Å². The molecule has 0 aromatic heterocycles. The van der Waals surface area contributed by atoms with Crippen molar-refractivity contribution in [2.45, 2.75) is 13.3 Å². The minimum Gasteiger partial charge on any atom is -0.497 e. The number of imide groups is 1. The SMILES string of the molecule is CCc1ccc(NC2=C(c3ccccc3)C(=O)N(c3cccc(OC)c3)C2=O)cc1. The second-order valence-corrected chi connectivity index (χ2v) is 6.94. The minimum atomic E-state index is -0.397. The van der Waals surface area contributed by atoms with Gasteiger partial charge in [-0.25, -0.2) is 4.90 Å². The van der Waals surface area contributed by atoms with Gasteiger partial charge in [-0.15, -0.1) is 0 Å². The number of nitrogens with one attached hydrogen (secondary N) is 1. The number of amides is 2. The predicted molar refractivity (Wildman–Crippen MR) is 118 cm³/mol. The summed E-state index contributed by atoms with van der Waals surface area (Å²) in [6.07, 6.45) is 0.930. The molecular formula is C25H22N2O3. The average Bonchev–Trinajstić information content (AvgIpc) is 3.04. The largest absolute Gasteiger partial charge is 0.497 e. The minimum absolute atomic E-state index is 0.262. The second-order valence-electron chi connectivity index (χ2n) is 6.94. The van der Waals surface area contributed by atoms with Crippen LogP contribution in [-0.2, 0) is 16.0 Å². The van der Waals surface area contributed by atoms with Gasteiger partial charge in [-0.1, -0.05) is 55.5 Å². The van der Waals surface area contributed by atoms with E-state index in [1.165, 1.54) is 10.5 Å². The van der Waals surface area contributed by atoms with Crippen LogP contribution < -0.4 is 15.0 Å². The van der Waals surface area contributed by atoms with Crippen molar-refractivity contribution in [2.75, 3.05) is 17.3 Å². The summed E-state index contributed by atoms with van der Waals surface area (Å²) in [6, 6.07) is 24.0. The van der Waals surface area contributed by atoms with Crippen LogP contribution in [0.25, 0.3) is 5.57 Å². The highest BCUT2D eigenvalue weighted by molar-refractivity contribution is 6.46. The van der Waals surface area contributed by atoms with Crippen LogP contribution in [0.2, 0.25) is 0 Å². The van der Waals surface area contributed by atoms with Crippen LogP contribution in [0.5, 0.6) is 5.75 Å². The summed E-state index contributed by atoms with van der Waals surface area (Å²) in [5, 5.41) is 3.19. The van der Waals surface area contributed by atoms with Gasteiger partial charge in [0.25, 0.3) is 11.8 Å². The first-order valence-corrected chi connectivity index (χ1v) is 9.81. The molecule has 0 fully saturated rings. The molecular weight excluding hydrogens is 376 g/mol. The summed E-state index contributed by atoms with van der Waals surface area (Å²) >= 11 is 0. The van der Waals surface area contributed by atoms with Gasteiger partial charge >= 0.3 is 0 Å². The number of carbonyl (C=O) groups excluding carboxylic acids is 2. The Hall–Kier alpha value is -3.86. The number of hydrogen-bond donors (Lipinski definition) is 1. The molecule has 0 spiro atoms. The molecule has 1 N–H and O–H groups in total. The Bertz CT molecular complexity index is 1120. The molecule has 3 aromatic rings. The zero-order valence-corrected chi connectivity index (χ0v) is 16.9. The Kier molecular flexibility index (Phi) is 5.35. The predicted octanol–water partition coefficient (Wildman–Crippen LogP) is 4.65. The van der Waals surface area contributed by atoms with Crippen LogP contribution in [0, 0.1) is 0 Å². The topological polar surface area (TPSA) is 58.6 Å². The third-order valence-corrected chi connectivity index (χ3v) is 5.09. The number of benzene rings is 3. The summed E-state index contributed by atoms with van der Waals surface area (Å²) in [7, 11) is 1.55. The van der Waals surface area contributed by atoms with E-state index in [-0.39, 0.29) is 11.6 Å². The molecule has 0 saturated heterocycles. The van der Waals surface area contributed by atoms with Gasteiger partial charge in [0.05, 0.1) is 18.4 Å². The molecule has 2 amide bonds. The van der Waals surface area contributed by atoms with Gasteiger partial charge in [-0.05, 0) is 41.8 Å². The molecule has 0 bridgehead atoms. The van der Waals surface area contributed by atoms with Gasteiger partial charge in [0.1, 0.15) is 11.4 Å². The molecule has 1 heterocycles. The van der Waals surface area contributed by atoms with Crippen LogP contribution >= 0.6 is 0 Å². The van der Waals surface area contributed by atoms with Gasteiger partial charge in [0.15, 0.2) is 0 Å². The molecule has 0 radical (unpaired) electrons. The van der Waals surface area contributed by atoms with Crippen molar-refractivity contribution in [1.82, 2.24) is 0 Å². The second kappa shape index (κ2) is 8.25. The average molecular weight is 398 g/mol. The first-order chi connectivity index (χ1) is 14.6. The monoisotopic (exact) mass is 398 g/mol. The Morgan fingerprint density at radius 2 is 1.60 bits per heavy atom. The Labute approximate surface area is 175 Å². The Morgan fingerprint density at radius 1 is 0.867 bits per heavy atom. The fraction of sp³-hybridized carbons (Fsp3) is 0.120. The Balaban J connectivity index is 1.78. The van der Waals surface area contributed by atoms with Crippen LogP contribution in [0.15, 0.2) is 84.6 Å². The summed E-state index contributed by atoms with van der Waals surface area (Å²) in [5.74, 6) is -0.190. The molecule has 0 saturated carbocycles. The Morgan fingerprint density at radius 3 is 2.27 bits per heavy atom. The maximum Gasteiger partial charge on any atom is 0.282 e. The number of aryl methyl sites for hydroxylation is 1. The lowest BCUT2D eigenvalue weighted by Crippen LogP contribution is -2.32. The quantitative estimate of drug-likeness (QED) is 0.614. The van der Waals surface area contributed by atoms with E-state index in [1.807, 2.05) is 54.6 Å². The summed E-state index contributed by atoms with van der Waals surface area (Å²) in [4.78, 5) is 27.9. The lowest BCUT2D eigenvalue weighted by atomic mass is 10.0. The number of anilines is 2. The van der Waals surface area contributed by atoms with Gasteiger partial charge in [-0.3, -0.25) is 9.59 Å². The third-order valence-electron chi connectivity index (χ3n) is 5.09. The van der Waals surface area contributed by atoms with E-state index in [0.717, 1.165) is 12.1 Å². The van der Waals surface area contributed by atoms with Crippen molar-refractivity contribution in [3.63, 3.8) is 0 Å². The summed E-state index contributed by atoms with van der Waals surface area (Å²) < 4.78 is 5.26. The number of ether oxygens (including phenoxy) is 1. The molecule has 0 unspecified atom stereocenters. The molecule has 1 aliphatic heterocycles. The number of nitrogens with zero attached hydrogens (tertiary/aromatic N) is 1. The van der Waals surface area contributed by atoms with E-state index < -0.39 is 5.91 Å². The van der Waals surface area contributed by atoms with Gasteiger partial charge in [0, 0.05) is 11.8 Å². The molecule has 0 aliphatic carbocycles. The van der Waals surface area contributed by atoms with Crippen molar-refractivity contribution in [3.8, 4) is 5.75 Å². The van der Waals surface area contributed by atoms with Crippen molar-refractivity contribution in [1.29, 1.82) is 0 Å². The molecule has 150 valence electrons. The van der Waals surface area contributed by atoms with E-state index in [2.05, 4.69) is 12.2 Å². The number of hydrogen-bond acceptors (Lipinski definition) is 4.